The fourth-order valence-corrected chi connectivity index (χ4v) is 2.14. The van der Waals surface area contributed by atoms with Crippen molar-refractivity contribution in [3.63, 3.8) is 0 Å². The maximum Gasteiger partial charge on any atom is 0.307 e. The number of aromatic nitrogens is 1. The van der Waals surface area contributed by atoms with E-state index in [2.05, 4.69) is 5.16 Å². The Hall–Kier alpha value is -1.52. The van der Waals surface area contributed by atoms with Crippen LogP contribution < -0.4 is 4.74 Å². The van der Waals surface area contributed by atoms with Crippen molar-refractivity contribution >= 4 is 5.97 Å². The van der Waals surface area contributed by atoms with Crippen molar-refractivity contribution in [2.45, 2.75) is 19.8 Å². The highest BCUT2D eigenvalue weighted by molar-refractivity contribution is 5.77. The topological polar surface area (TPSA) is 72.6 Å². The highest BCUT2D eigenvalue weighted by atomic mass is 16.5. The first-order valence-corrected chi connectivity index (χ1v) is 4.72. The molecule has 1 fully saturated rings. The molecule has 2 atom stereocenters. The molecule has 15 heavy (non-hydrogen) atoms. The minimum absolute atomic E-state index is 0.105. The third kappa shape index (κ3) is 1.38. The van der Waals surface area contributed by atoms with Crippen LogP contribution in [0.15, 0.2) is 10.6 Å². The van der Waals surface area contributed by atoms with E-state index in [4.69, 9.17) is 14.4 Å². The summed E-state index contributed by atoms with van der Waals surface area (Å²) >= 11 is 0. The molecule has 1 aliphatic rings. The Bertz CT molecular complexity index is 396. The normalized spacial score (nSPS) is 27.4. The zero-order chi connectivity index (χ0) is 11.2. The third-order valence-corrected chi connectivity index (χ3v) is 3.12. The van der Waals surface area contributed by atoms with Crippen LogP contribution in [0.1, 0.15) is 25.5 Å². The van der Waals surface area contributed by atoms with Crippen molar-refractivity contribution in [2.24, 2.45) is 11.3 Å². The molecule has 1 heterocycles. The number of ether oxygens (including phenoxy) is 1. The van der Waals surface area contributed by atoms with Gasteiger partial charge in [0.25, 0.3) is 5.88 Å². The molecule has 1 aromatic heterocycles. The molecular formula is C10H13NO4. The minimum atomic E-state index is -0.791. The van der Waals surface area contributed by atoms with Gasteiger partial charge in [-0.1, -0.05) is 13.8 Å². The number of carboxylic acids is 1. The van der Waals surface area contributed by atoms with E-state index in [0.717, 1.165) is 0 Å². The summed E-state index contributed by atoms with van der Waals surface area (Å²) in [4.78, 5) is 10.9. The fraction of sp³-hybridized carbons (Fsp3) is 0.600. The predicted octanol–water partition coefficient (Wildman–Crippen LogP) is 1.51. The van der Waals surface area contributed by atoms with Gasteiger partial charge in [0.2, 0.25) is 0 Å². The zero-order valence-corrected chi connectivity index (χ0v) is 8.85. The van der Waals surface area contributed by atoms with E-state index < -0.39 is 11.9 Å². The number of aliphatic carboxylic acids is 1. The number of hydrogen-bond acceptors (Lipinski definition) is 4. The Kier molecular flexibility index (Phi) is 1.99. The van der Waals surface area contributed by atoms with Gasteiger partial charge in [0.05, 0.1) is 13.0 Å². The Balaban J connectivity index is 2.23. The Morgan fingerprint density at radius 3 is 2.73 bits per heavy atom. The summed E-state index contributed by atoms with van der Waals surface area (Å²) in [5, 5.41) is 12.7. The number of hydrogen-bond donors (Lipinski definition) is 1. The SMILES string of the molecule is COc1cc([C@@H]2[C@@H](C(=O)O)C2(C)C)on1. The molecular weight excluding hydrogens is 198 g/mol. The third-order valence-electron chi connectivity index (χ3n) is 3.12. The number of carbonyl (C=O) groups is 1. The van der Waals surface area contributed by atoms with Gasteiger partial charge in [0.1, 0.15) is 5.76 Å². The van der Waals surface area contributed by atoms with Gasteiger partial charge in [-0.2, -0.15) is 0 Å². The maximum atomic E-state index is 10.9. The molecule has 1 saturated carbocycles. The standard InChI is InChI=1S/C10H13NO4/c1-10(2)7(8(10)9(12)13)5-4-6(14-3)11-15-5/h4,7-8H,1-3H3,(H,12,13)/t7-,8+/m1/s1. The fourth-order valence-electron chi connectivity index (χ4n) is 2.14. The lowest BCUT2D eigenvalue weighted by Crippen LogP contribution is -2.02. The van der Waals surface area contributed by atoms with Gasteiger partial charge >= 0.3 is 5.97 Å². The second-order valence-electron chi connectivity index (χ2n) is 4.39. The Morgan fingerprint density at radius 1 is 1.67 bits per heavy atom. The van der Waals surface area contributed by atoms with Crippen LogP contribution in [0.3, 0.4) is 0 Å². The van der Waals surface area contributed by atoms with E-state index in [0.29, 0.717) is 11.6 Å². The van der Waals surface area contributed by atoms with E-state index in [1.807, 2.05) is 13.8 Å². The minimum Gasteiger partial charge on any atom is -0.481 e. The summed E-state index contributed by atoms with van der Waals surface area (Å²) in [6.07, 6.45) is 0. The second kappa shape index (κ2) is 2.98. The molecule has 5 heteroatoms. The van der Waals surface area contributed by atoms with Crippen molar-refractivity contribution in [1.82, 2.24) is 5.16 Å². The van der Waals surface area contributed by atoms with E-state index in [9.17, 15) is 4.79 Å². The summed E-state index contributed by atoms with van der Waals surface area (Å²) in [6.45, 7) is 3.82. The molecule has 5 nitrogen and oxygen atoms in total. The molecule has 1 aliphatic carbocycles. The van der Waals surface area contributed by atoms with E-state index in [1.165, 1.54) is 7.11 Å². The van der Waals surface area contributed by atoms with E-state index >= 15 is 0 Å². The lowest BCUT2D eigenvalue weighted by Gasteiger charge is -1.96. The molecule has 0 radical (unpaired) electrons. The van der Waals surface area contributed by atoms with Crippen LogP contribution in [0, 0.1) is 11.3 Å². The van der Waals surface area contributed by atoms with Gasteiger partial charge in [-0.25, -0.2) is 0 Å². The molecule has 0 aliphatic heterocycles. The van der Waals surface area contributed by atoms with Crippen LogP contribution in [0.2, 0.25) is 0 Å². The van der Waals surface area contributed by atoms with Crippen LogP contribution in [-0.2, 0) is 4.79 Å². The quantitative estimate of drug-likeness (QED) is 0.820. The van der Waals surface area contributed by atoms with E-state index in [1.54, 1.807) is 6.07 Å². The van der Waals surface area contributed by atoms with Gasteiger partial charge < -0.3 is 14.4 Å². The van der Waals surface area contributed by atoms with E-state index in [-0.39, 0.29) is 11.3 Å². The number of rotatable bonds is 3. The van der Waals surface area contributed by atoms with Crippen LogP contribution in [0.5, 0.6) is 5.88 Å². The van der Waals surface area contributed by atoms with Crippen molar-refractivity contribution in [3.8, 4) is 5.88 Å². The van der Waals surface area contributed by atoms with Gasteiger partial charge in [-0.15, -0.1) is 0 Å². The summed E-state index contributed by atoms with van der Waals surface area (Å²) in [5.41, 5.74) is -0.267. The molecule has 0 amide bonds. The summed E-state index contributed by atoms with van der Waals surface area (Å²) in [5.74, 6) is -0.317. The highest BCUT2D eigenvalue weighted by Crippen LogP contribution is 2.64. The second-order valence-corrected chi connectivity index (χ2v) is 4.39. The van der Waals surface area contributed by atoms with Gasteiger partial charge in [0.15, 0.2) is 0 Å². The smallest absolute Gasteiger partial charge is 0.307 e. The maximum absolute atomic E-state index is 10.9. The molecule has 0 spiro atoms. The molecule has 1 aromatic rings. The van der Waals surface area contributed by atoms with Gasteiger partial charge in [-0.05, 0) is 10.6 Å². The van der Waals surface area contributed by atoms with Gasteiger partial charge in [-0.3, -0.25) is 4.79 Å². The first-order chi connectivity index (χ1) is 6.98. The molecule has 0 unspecified atom stereocenters. The summed E-state index contributed by atoms with van der Waals surface area (Å²) in [6, 6.07) is 1.65. The van der Waals surface area contributed by atoms with Crippen LogP contribution in [-0.4, -0.2) is 23.3 Å². The summed E-state index contributed by atoms with van der Waals surface area (Å²) < 4.78 is 9.94. The molecule has 0 saturated heterocycles. The monoisotopic (exact) mass is 211 g/mol. The van der Waals surface area contributed by atoms with Crippen LogP contribution in [0.4, 0.5) is 0 Å². The highest BCUT2D eigenvalue weighted by Gasteiger charge is 2.64. The average Bonchev–Trinajstić information content (AvgIpc) is 2.59. The van der Waals surface area contributed by atoms with Crippen molar-refractivity contribution in [1.29, 1.82) is 0 Å². The molecule has 2 rings (SSSR count). The molecule has 0 aromatic carbocycles. The van der Waals surface area contributed by atoms with Crippen molar-refractivity contribution < 1.29 is 19.2 Å². The molecule has 0 bridgehead atoms. The number of methoxy groups -OCH3 is 1. The van der Waals surface area contributed by atoms with Crippen LogP contribution in [0.25, 0.3) is 0 Å². The molecule has 82 valence electrons. The molecule has 1 N–H and O–H groups in total. The van der Waals surface area contributed by atoms with Crippen molar-refractivity contribution in [3.05, 3.63) is 11.8 Å². The van der Waals surface area contributed by atoms with Crippen LogP contribution >= 0.6 is 0 Å². The predicted molar refractivity (Wildman–Crippen MR) is 50.7 cm³/mol. The lowest BCUT2D eigenvalue weighted by molar-refractivity contribution is -0.139. The zero-order valence-electron chi connectivity index (χ0n) is 8.85. The first kappa shape index (κ1) is 10.0. The average molecular weight is 211 g/mol. The van der Waals surface area contributed by atoms with Crippen molar-refractivity contribution in [2.75, 3.05) is 7.11 Å². The largest absolute Gasteiger partial charge is 0.481 e. The Morgan fingerprint density at radius 2 is 2.33 bits per heavy atom. The first-order valence-electron chi connectivity index (χ1n) is 4.72. The van der Waals surface area contributed by atoms with Gasteiger partial charge in [0, 0.05) is 12.0 Å². The lowest BCUT2D eigenvalue weighted by atomic mass is 10.1. The number of nitrogens with zero attached hydrogens (tertiary/aromatic N) is 1. The Labute approximate surface area is 87.0 Å². The summed E-state index contributed by atoms with van der Waals surface area (Å²) in [7, 11) is 1.49. The number of carboxylic acid groups (broad SMARTS) is 1.